The normalized spacial score (nSPS) is 12.8. The first-order valence-corrected chi connectivity index (χ1v) is 13.3. The minimum Gasteiger partial charge on any atom is -0.507 e. The monoisotopic (exact) mass is 743 g/mol. The SMILES string of the molecule is CCOP(=O)(OCC)C(N)Cc1cc(I)c(Oc2ccc(O)c(I)c2)c(I)c1. The number of ether oxygens (including phenoxy) is 1. The lowest BCUT2D eigenvalue weighted by Gasteiger charge is -2.23. The van der Waals surface area contributed by atoms with Gasteiger partial charge >= 0.3 is 7.60 Å². The van der Waals surface area contributed by atoms with Crippen molar-refractivity contribution in [3.8, 4) is 17.2 Å². The quantitative estimate of drug-likeness (QED) is 0.239. The lowest BCUT2D eigenvalue weighted by Crippen LogP contribution is -2.25. The number of rotatable bonds is 9. The van der Waals surface area contributed by atoms with Gasteiger partial charge < -0.3 is 24.6 Å². The van der Waals surface area contributed by atoms with Crippen molar-refractivity contribution >= 4 is 75.4 Å². The second kappa shape index (κ2) is 11.1. The molecule has 1 atom stereocenters. The maximum absolute atomic E-state index is 12.8. The molecule has 0 bridgehead atoms. The predicted octanol–water partition coefficient (Wildman–Crippen LogP) is 6.09. The molecule has 0 saturated carbocycles. The van der Waals surface area contributed by atoms with Gasteiger partial charge in [0.25, 0.3) is 0 Å². The summed E-state index contributed by atoms with van der Waals surface area (Å²) in [6.45, 7) is 4.08. The van der Waals surface area contributed by atoms with Crippen molar-refractivity contribution in [3.63, 3.8) is 0 Å². The zero-order chi connectivity index (χ0) is 20.9. The highest BCUT2D eigenvalue weighted by Gasteiger charge is 2.32. The van der Waals surface area contributed by atoms with Crippen LogP contribution in [0.3, 0.4) is 0 Å². The van der Waals surface area contributed by atoms with Crippen molar-refractivity contribution in [1.29, 1.82) is 0 Å². The van der Waals surface area contributed by atoms with E-state index in [9.17, 15) is 9.67 Å². The lowest BCUT2D eigenvalue weighted by atomic mass is 10.1. The third-order valence-electron chi connectivity index (χ3n) is 3.67. The molecule has 0 spiro atoms. The van der Waals surface area contributed by atoms with E-state index < -0.39 is 13.4 Å². The number of aromatic hydroxyl groups is 1. The van der Waals surface area contributed by atoms with Crippen LogP contribution >= 0.6 is 75.4 Å². The summed E-state index contributed by atoms with van der Waals surface area (Å²) in [6, 6.07) is 8.99. The van der Waals surface area contributed by atoms with Crippen molar-refractivity contribution in [3.05, 3.63) is 46.6 Å². The Labute approximate surface area is 205 Å². The summed E-state index contributed by atoms with van der Waals surface area (Å²) < 4.78 is 32.1. The van der Waals surface area contributed by atoms with E-state index >= 15 is 0 Å². The third-order valence-corrected chi connectivity index (χ3v) is 8.36. The first-order chi connectivity index (χ1) is 13.2. The Morgan fingerprint density at radius 2 is 1.61 bits per heavy atom. The van der Waals surface area contributed by atoms with Crippen molar-refractivity contribution in [2.24, 2.45) is 5.73 Å². The number of phenols is 1. The van der Waals surface area contributed by atoms with E-state index in [-0.39, 0.29) is 19.0 Å². The largest absolute Gasteiger partial charge is 0.507 e. The topological polar surface area (TPSA) is 91.0 Å². The zero-order valence-corrected chi connectivity index (χ0v) is 22.7. The van der Waals surface area contributed by atoms with E-state index in [0.717, 1.165) is 18.5 Å². The van der Waals surface area contributed by atoms with Gasteiger partial charge in [0.15, 0.2) is 5.75 Å². The van der Waals surface area contributed by atoms with E-state index in [2.05, 4.69) is 67.8 Å². The highest BCUT2D eigenvalue weighted by atomic mass is 127. The van der Waals surface area contributed by atoms with E-state index in [1.54, 1.807) is 32.0 Å². The molecule has 3 N–H and O–H groups in total. The molecule has 154 valence electrons. The molecule has 0 radical (unpaired) electrons. The summed E-state index contributed by atoms with van der Waals surface area (Å²) in [5, 5.41) is 9.66. The highest BCUT2D eigenvalue weighted by molar-refractivity contribution is 14.1. The van der Waals surface area contributed by atoms with Crippen LogP contribution in [0.4, 0.5) is 0 Å². The number of hydrogen-bond donors (Lipinski definition) is 2. The number of halogens is 3. The fourth-order valence-electron chi connectivity index (χ4n) is 2.44. The van der Waals surface area contributed by atoms with Gasteiger partial charge in [0.1, 0.15) is 17.3 Å². The summed E-state index contributed by atoms with van der Waals surface area (Å²) in [5.41, 5.74) is 7.10. The molecule has 10 heteroatoms. The van der Waals surface area contributed by atoms with Gasteiger partial charge in [-0.2, -0.15) is 0 Å². The Morgan fingerprint density at radius 1 is 1.04 bits per heavy atom. The summed E-state index contributed by atoms with van der Waals surface area (Å²) in [4.78, 5) is 0. The van der Waals surface area contributed by atoms with Crippen LogP contribution in [0.5, 0.6) is 17.2 Å². The fourth-order valence-corrected chi connectivity index (χ4v) is 6.65. The zero-order valence-electron chi connectivity index (χ0n) is 15.3. The molecular formula is C18H21I3NO5P. The molecule has 1 unspecified atom stereocenters. The fraction of sp³-hybridized carbons (Fsp3) is 0.333. The van der Waals surface area contributed by atoms with Gasteiger partial charge in [-0.25, -0.2) is 0 Å². The number of benzene rings is 2. The van der Waals surface area contributed by atoms with E-state index in [1.165, 1.54) is 0 Å². The van der Waals surface area contributed by atoms with E-state index in [0.29, 0.717) is 15.7 Å². The number of nitrogens with two attached hydrogens (primary N) is 1. The van der Waals surface area contributed by atoms with Crippen LogP contribution < -0.4 is 10.5 Å². The van der Waals surface area contributed by atoms with Gasteiger partial charge in [-0.1, -0.05) is 0 Å². The summed E-state index contributed by atoms with van der Waals surface area (Å²) in [6.07, 6.45) is 0.362. The Morgan fingerprint density at radius 3 is 2.11 bits per heavy atom. The maximum atomic E-state index is 12.8. The van der Waals surface area contributed by atoms with Crippen LogP contribution in [0.15, 0.2) is 30.3 Å². The summed E-state index contributed by atoms with van der Waals surface area (Å²) in [7, 11) is -3.37. The molecule has 2 rings (SSSR count). The van der Waals surface area contributed by atoms with Gasteiger partial charge in [0.2, 0.25) is 0 Å². The molecule has 0 saturated heterocycles. The minimum atomic E-state index is -3.37. The Bertz CT molecular complexity index is 847. The van der Waals surface area contributed by atoms with Gasteiger partial charge in [-0.3, -0.25) is 4.57 Å². The summed E-state index contributed by atoms with van der Waals surface area (Å²) >= 11 is 6.45. The molecular weight excluding hydrogens is 722 g/mol. The second-order valence-electron chi connectivity index (χ2n) is 5.75. The molecule has 0 aromatic heterocycles. The first kappa shape index (κ1) is 24.6. The number of hydrogen-bond acceptors (Lipinski definition) is 6. The van der Waals surface area contributed by atoms with Crippen molar-refractivity contribution in [2.45, 2.75) is 26.1 Å². The van der Waals surface area contributed by atoms with Gasteiger partial charge in [0, 0.05) is 0 Å². The maximum Gasteiger partial charge on any atom is 0.347 e. The van der Waals surface area contributed by atoms with Crippen LogP contribution in [0.1, 0.15) is 19.4 Å². The second-order valence-corrected chi connectivity index (χ2v) is 11.5. The number of phenolic OH excluding ortho intramolecular Hbond substituents is 1. The highest BCUT2D eigenvalue weighted by Crippen LogP contribution is 2.52. The lowest BCUT2D eigenvalue weighted by molar-refractivity contribution is 0.212. The smallest absolute Gasteiger partial charge is 0.347 e. The Kier molecular flexibility index (Phi) is 9.75. The molecule has 0 aliphatic carbocycles. The molecule has 2 aromatic rings. The molecule has 28 heavy (non-hydrogen) atoms. The van der Waals surface area contributed by atoms with Crippen LogP contribution in [0.2, 0.25) is 0 Å². The molecule has 0 amide bonds. The van der Waals surface area contributed by atoms with Crippen molar-refractivity contribution in [1.82, 2.24) is 0 Å². The molecule has 0 heterocycles. The average molecular weight is 743 g/mol. The van der Waals surface area contributed by atoms with Gasteiger partial charge in [0.05, 0.1) is 23.9 Å². The molecule has 0 aliphatic heterocycles. The molecule has 6 nitrogen and oxygen atoms in total. The van der Waals surface area contributed by atoms with E-state index in [4.69, 9.17) is 19.5 Å². The summed E-state index contributed by atoms with van der Waals surface area (Å²) in [5.74, 6) is 0.830. The average Bonchev–Trinajstić information content (AvgIpc) is 2.61. The third kappa shape index (κ3) is 6.42. The Hall–Kier alpha value is 0.340. The standard InChI is InChI=1S/C18H21I3NO5P/c1-3-25-28(24,26-4-2)17(22)9-11-7-14(20)18(15(21)8-11)27-12-5-6-16(23)13(19)10-12/h5-8,10,17,23H,3-4,9,22H2,1-2H3. The van der Waals surface area contributed by atoms with Crippen molar-refractivity contribution in [2.75, 3.05) is 13.2 Å². The Balaban J connectivity index is 2.23. The van der Waals surface area contributed by atoms with Crippen LogP contribution in [-0.2, 0) is 20.0 Å². The van der Waals surface area contributed by atoms with Gasteiger partial charge in [-0.05, 0) is 124 Å². The molecule has 0 aliphatic rings. The van der Waals surface area contributed by atoms with Crippen LogP contribution in [-0.4, -0.2) is 24.1 Å². The molecule has 2 aromatic carbocycles. The molecule has 0 fully saturated rings. The van der Waals surface area contributed by atoms with Crippen LogP contribution in [0, 0.1) is 10.7 Å². The van der Waals surface area contributed by atoms with E-state index in [1.807, 2.05) is 12.1 Å². The van der Waals surface area contributed by atoms with Gasteiger partial charge in [-0.15, -0.1) is 0 Å². The predicted molar refractivity (Wildman–Crippen MR) is 135 cm³/mol. The van der Waals surface area contributed by atoms with Crippen LogP contribution in [0.25, 0.3) is 0 Å². The minimum absolute atomic E-state index is 0.217. The van der Waals surface area contributed by atoms with Crippen molar-refractivity contribution < 1.29 is 23.5 Å². The first-order valence-electron chi connectivity index (χ1n) is 8.48.